The number of hydrogen-bond acceptors (Lipinski definition) is 5. The van der Waals surface area contributed by atoms with Crippen LogP contribution in [0.25, 0.3) is 0 Å². The van der Waals surface area contributed by atoms with Gasteiger partial charge in [-0.2, -0.15) is 5.10 Å². The van der Waals surface area contributed by atoms with E-state index in [1.165, 1.54) is 0 Å². The fraction of sp³-hybridized carbons (Fsp3) is 0.579. The SMILES string of the molecule is CCc1cc(CNC(=O)[C@@]2(C)CCCN(C(=O)c3ccn(CC)n3)C2)on1. The van der Waals surface area contributed by atoms with Gasteiger partial charge in [0, 0.05) is 31.9 Å². The molecule has 0 saturated carbocycles. The highest BCUT2D eigenvalue weighted by molar-refractivity contribution is 5.93. The van der Waals surface area contributed by atoms with E-state index in [4.69, 9.17) is 4.52 Å². The molecule has 0 unspecified atom stereocenters. The Morgan fingerprint density at radius 3 is 2.85 bits per heavy atom. The van der Waals surface area contributed by atoms with Gasteiger partial charge in [-0.05, 0) is 39.2 Å². The lowest BCUT2D eigenvalue weighted by molar-refractivity contribution is -0.132. The second-order valence-corrected chi connectivity index (χ2v) is 7.27. The van der Waals surface area contributed by atoms with Gasteiger partial charge in [0.1, 0.15) is 5.69 Å². The molecule has 1 aliphatic heterocycles. The van der Waals surface area contributed by atoms with E-state index in [1.807, 2.05) is 26.8 Å². The number of nitrogens with one attached hydrogen (secondary N) is 1. The van der Waals surface area contributed by atoms with Crippen molar-refractivity contribution in [2.24, 2.45) is 5.41 Å². The van der Waals surface area contributed by atoms with Crippen molar-refractivity contribution in [3.05, 3.63) is 35.5 Å². The van der Waals surface area contributed by atoms with Gasteiger partial charge in [0.25, 0.3) is 5.91 Å². The Kier molecular flexibility index (Phi) is 5.62. The maximum Gasteiger partial charge on any atom is 0.274 e. The lowest BCUT2D eigenvalue weighted by Gasteiger charge is -2.39. The smallest absolute Gasteiger partial charge is 0.274 e. The molecule has 0 radical (unpaired) electrons. The first-order valence-corrected chi connectivity index (χ1v) is 9.50. The van der Waals surface area contributed by atoms with Gasteiger partial charge < -0.3 is 14.7 Å². The third kappa shape index (κ3) is 4.20. The Morgan fingerprint density at radius 1 is 1.37 bits per heavy atom. The highest BCUT2D eigenvalue weighted by Gasteiger charge is 2.39. The molecule has 8 heteroatoms. The molecule has 0 aliphatic carbocycles. The van der Waals surface area contributed by atoms with Crippen molar-refractivity contribution in [1.29, 1.82) is 0 Å². The van der Waals surface area contributed by atoms with Crippen LogP contribution in [0.1, 0.15) is 55.6 Å². The molecule has 1 N–H and O–H groups in total. The number of amides is 2. The second kappa shape index (κ2) is 7.94. The van der Waals surface area contributed by atoms with Crippen LogP contribution in [0.15, 0.2) is 22.9 Å². The summed E-state index contributed by atoms with van der Waals surface area (Å²) < 4.78 is 6.94. The second-order valence-electron chi connectivity index (χ2n) is 7.27. The summed E-state index contributed by atoms with van der Waals surface area (Å²) in [7, 11) is 0. The summed E-state index contributed by atoms with van der Waals surface area (Å²) in [6.45, 7) is 7.92. The summed E-state index contributed by atoms with van der Waals surface area (Å²) in [4.78, 5) is 27.3. The lowest BCUT2D eigenvalue weighted by Crippen LogP contribution is -2.51. The lowest BCUT2D eigenvalue weighted by atomic mass is 9.81. The molecule has 1 saturated heterocycles. The van der Waals surface area contributed by atoms with Gasteiger partial charge >= 0.3 is 0 Å². The summed E-state index contributed by atoms with van der Waals surface area (Å²) in [6, 6.07) is 3.58. The standard InChI is InChI=1S/C19H27N5O3/c1-4-14-11-15(27-22-14)12-20-18(26)19(3)8-6-9-23(13-19)17(25)16-7-10-24(5-2)21-16/h7,10-11H,4-6,8-9,12-13H2,1-3H3,(H,20,26)/t19-/m0/s1. The van der Waals surface area contributed by atoms with E-state index in [1.54, 1.807) is 21.8 Å². The fourth-order valence-electron chi connectivity index (χ4n) is 3.40. The van der Waals surface area contributed by atoms with Crippen molar-refractivity contribution in [3.8, 4) is 0 Å². The topological polar surface area (TPSA) is 93.3 Å². The van der Waals surface area contributed by atoms with Crippen molar-refractivity contribution >= 4 is 11.8 Å². The van der Waals surface area contributed by atoms with Gasteiger partial charge in [0.2, 0.25) is 5.91 Å². The number of aryl methyl sites for hydroxylation is 2. The van der Waals surface area contributed by atoms with Crippen LogP contribution >= 0.6 is 0 Å². The van der Waals surface area contributed by atoms with Crippen molar-refractivity contribution in [2.45, 2.75) is 53.1 Å². The molecule has 8 nitrogen and oxygen atoms in total. The highest BCUT2D eigenvalue weighted by Crippen LogP contribution is 2.30. The van der Waals surface area contributed by atoms with E-state index in [9.17, 15) is 9.59 Å². The van der Waals surface area contributed by atoms with Crippen LogP contribution in [0.5, 0.6) is 0 Å². The summed E-state index contributed by atoms with van der Waals surface area (Å²) in [6.07, 6.45) is 4.11. The van der Waals surface area contributed by atoms with Crippen LogP contribution in [0.3, 0.4) is 0 Å². The van der Waals surface area contributed by atoms with E-state index in [-0.39, 0.29) is 11.8 Å². The van der Waals surface area contributed by atoms with Crippen molar-refractivity contribution in [3.63, 3.8) is 0 Å². The van der Waals surface area contributed by atoms with E-state index in [0.717, 1.165) is 31.5 Å². The Hall–Kier alpha value is -2.64. The normalized spacial score (nSPS) is 19.9. The third-order valence-corrected chi connectivity index (χ3v) is 5.11. The van der Waals surface area contributed by atoms with E-state index < -0.39 is 5.41 Å². The number of piperidine rings is 1. The molecule has 0 aromatic carbocycles. The van der Waals surface area contributed by atoms with Crippen molar-refractivity contribution in [1.82, 2.24) is 25.2 Å². The van der Waals surface area contributed by atoms with Gasteiger partial charge in [-0.25, -0.2) is 0 Å². The average Bonchev–Trinajstić information content (AvgIpc) is 3.34. The first-order valence-electron chi connectivity index (χ1n) is 9.50. The number of aromatic nitrogens is 3. The Bertz CT molecular complexity index is 812. The van der Waals surface area contributed by atoms with E-state index >= 15 is 0 Å². The van der Waals surface area contributed by atoms with Crippen LogP contribution < -0.4 is 5.32 Å². The predicted molar refractivity (Wildman–Crippen MR) is 98.9 cm³/mol. The Labute approximate surface area is 158 Å². The summed E-state index contributed by atoms with van der Waals surface area (Å²) in [5.74, 6) is 0.440. The minimum Gasteiger partial charge on any atom is -0.359 e. The molecular formula is C19H27N5O3. The Balaban J connectivity index is 1.62. The summed E-state index contributed by atoms with van der Waals surface area (Å²) >= 11 is 0. The van der Waals surface area contributed by atoms with Crippen LogP contribution in [-0.4, -0.2) is 44.7 Å². The predicted octanol–water partition coefficient (Wildman–Crippen LogP) is 2.01. The molecular weight excluding hydrogens is 346 g/mol. The molecule has 2 amide bonds. The molecule has 0 spiro atoms. The van der Waals surface area contributed by atoms with Crippen LogP contribution in [-0.2, 0) is 24.3 Å². The maximum atomic E-state index is 12.8. The molecule has 3 rings (SSSR count). The first kappa shape index (κ1) is 19.1. The van der Waals surface area contributed by atoms with Crippen LogP contribution in [0.4, 0.5) is 0 Å². The van der Waals surface area contributed by atoms with Gasteiger partial charge in [-0.15, -0.1) is 0 Å². The van der Waals surface area contributed by atoms with Crippen LogP contribution in [0.2, 0.25) is 0 Å². The van der Waals surface area contributed by atoms with Gasteiger partial charge in [0.15, 0.2) is 5.76 Å². The molecule has 146 valence electrons. The first-order chi connectivity index (χ1) is 12.9. The number of hydrogen-bond donors (Lipinski definition) is 1. The maximum absolute atomic E-state index is 12.8. The minimum atomic E-state index is -0.630. The average molecular weight is 373 g/mol. The highest BCUT2D eigenvalue weighted by atomic mass is 16.5. The zero-order valence-corrected chi connectivity index (χ0v) is 16.2. The number of likely N-dealkylation sites (tertiary alicyclic amines) is 1. The summed E-state index contributed by atoms with van der Waals surface area (Å²) in [5, 5.41) is 11.1. The van der Waals surface area contributed by atoms with Gasteiger partial charge in [-0.1, -0.05) is 12.1 Å². The zero-order valence-electron chi connectivity index (χ0n) is 16.2. The molecule has 1 aliphatic rings. The molecule has 27 heavy (non-hydrogen) atoms. The number of carbonyl (C=O) groups is 2. The fourth-order valence-corrected chi connectivity index (χ4v) is 3.40. The van der Waals surface area contributed by atoms with Gasteiger partial charge in [0.05, 0.1) is 17.7 Å². The molecule has 1 fully saturated rings. The Morgan fingerprint density at radius 2 is 2.19 bits per heavy atom. The molecule has 2 aromatic rings. The molecule has 2 aromatic heterocycles. The number of nitrogens with zero attached hydrogens (tertiary/aromatic N) is 4. The monoisotopic (exact) mass is 373 g/mol. The molecule has 1 atom stereocenters. The molecule has 0 bridgehead atoms. The largest absolute Gasteiger partial charge is 0.359 e. The molecule has 3 heterocycles. The van der Waals surface area contributed by atoms with E-state index in [2.05, 4.69) is 15.6 Å². The zero-order chi connectivity index (χ0) is 19.4. The quantitative estimate of drug-likeness (QED) is 0.836. The van der Waals surface area contributed by atoms with Gasteiger partial charge in [-0.3, -0.25) is 14.3 Å². The van der Waals surface area contributed by atoms with Crippen molar-refractivity contribution < 1.29 is 14.1 Å². The number of carbonyl (C=O) groups excluding carboxylic acids is 2. The summed E-state index contributed by atoms with van der Waals surface area (Å²) in [5.41, 5.74) is 0.663. The minimum absolute atomic E-state index is 0.0754. The number of rotatable bonds is 6. The van der Waals surface area contributed by atoms with E-state index in [0.29, 0.717) is 31.1 Å². The third-order valence-electron chi connectivity index (χ3n) is 5.11. The van der Waals surface area contributed by atoms with Crippen molar-refractivity contribution in [2.75, 3.05) is 13.1 Å². The van der Waals surface area contributed by atoms with Crippen LogP contribution in [0, 0.1) is 5.41 Å².